The standard InChI is InChI=1S/C14H19NO4/c1-18-11-6-3-7-12(19-2)13(11)14(17)15-8-4-5-10(15)9-16/h3,6-7,10,16H,4-5,8-9H2,1-2H3/t10-/m1/s1. The van der Waals surface area contributed by atoms with Crippen LogP contribution in [0.3, 0.4) is 0 Å². The van der Waals surface area contributed by atoms with Crippen LogP contribution in [0.4, 0.5) is 0 Å². The minimum atomic E-state index is -0.147. The molecule has 0 bridgehead atoms. The van der Waals surface area contributed by atoms with Crippen LogP contribution in [0.25, 0.3) is 0 Å². The summed E-state index contributed by atoms with van der Waals surface area (Å²) in [7, 11) is 3.05. The van der Waals surface area contributed by atoms with E-state index in [4.69, 9.17) is 9.47 Å². The molecule has 1 aromatic rings. The molecule has 1 aliphatic rings. The van der Waals surface area contributed by atoms with Gasteiger partial charge >= 0.3 is 0 Å². The monoisotopic (exact) mass is 265 g/mol. The number of carbonyl (C=O) groups excluding carboxylic acids is 1. The second-order valence-corrected chi connectivity index (χ2v) is 4.51. The minimum Gasteiger partial charge on any atom is -0.496 e. The zero-order chi connectivity index (χ0) is 13.8. The molecule has 1 aromatic carbocycles. The molecule has 5 heteroatoms. The lowest BCUT2D eigenvalue weighted by molar-refractivity contribution is 0.0671. The van der Waals surface area contributed by atoms with Crippen molar-refractivity contribution >= 4 is 5.91 Å². The average Bonchev–Trinajstić information content (AvgIpc) is 2.93. The van der Waals surface area contributed by atoms with Gasteiger partial charge in [-0.05, 0) is 25.0 Å². The molecule has 0 saturated carbocycles. The number of carbonyl (C=O) groups is 1. The highest BCUT2D eigenvalue weighted by molar-refractivity contribution is 6.00. The first kappa shape index (κ1) is 13.7. The van der Waals surface area contributed by atoms with Crippen molar-refractivity contribution in [3.63, 3.8) is 0 Å². The molecule has 1 fully saturated rings. The van der Waals surface area contributed by atoms with Crippen LogP contribution in [-0.2, 0) is 0 Å². The third-order valence-electron chi connectivity index (χ3n) is 3.49. The summed E-state index contributed by atoms with van der Waals surface area (Å²) in [4.78, 5) is 14.3. The first-order valence-corrected chi connectivity index (χ1v) is 6.35. The number of amides is 1. The van der Waals surface area contributed by atoms with Crippen LogP contribution >= 0.6 is 0 Å². The van der Waals surface area contributed by atoms with Crippen LogP contribution in [0.1, 0.15) is 23.2 Å². The van der Waals surface area contributed by atoms with Crippen LogP contribution < -0.4 is 9.47 Å². The SMILES string of the molecule is COc1cccc(OC)c1C(=O)N1CCC[C@@H]1CO. The van der Waals surface area contributed by atoms with Crippen molar-refractivity contribution in [3.05, 3.63) is 23.8 Å². The number of benzene rings is 1. The third kappa shape index (κ3) is 2.51. The average molecular weight is 265 g/mol. The Bertz CT molecular complexity index is 439. The largest absolute Gasteiger partial charge is 0.496 e. The van der Waals surface area contributed by atoms with Gasteiger partial charge in [0.2, 0.25) is 0 Å². The van der Waals surface area contributed by atoms with Crippen LogP contribution in [0.15, 0.2) is 18.2 Å². The summed E-state index contributed by atoms with van der Waals surface area (Å²) in [5.74, 6) is 0.840. The molecule has 0 unspecified atom stereocenters. The quantitative estimate of drug-likeness (QED) is 0.891. The molecule has 5 nitrogen and oxygen atoms in total. The molecule has 1 atom stereocenters. The van der Waals surface area contributed by atoms with Gasteiger partial charge < -0.3 is 19.5 Å². The maximum Gasteiger partial charge on any atom is 0.261 e. The Morgan fingerprint density at radius 2 is 2.00 bits per heavy atom. The summed E-state index contributed by atoms with van der Waals surface area (Å²) < 4.78 is 10.5. The molecule has 1 saturated heterocycles. The molecule has 19 heavy (non-hydrogen) atoms. The summed E-state index contributed by atoms with van der Waals surface area (Å²) in [6.07, 6.45) is 1.74. The van der Waals surface area contributed by atoms with Gasteiger partial charge in [0.25, 0.3) is 5.91 Å². The highest BCUT2D eigenvalue weighted by atomic mass is 16.5. The third-order valence-corrected chi connectivity index (χ3v) is 3.49. The van der Waals surface area contributed by atoms with Gasteiger partial charge in [0, 0.05) is 6.54 Å². The van der Waals surface area contributed by atoms with E-state index in [2.05, 4.69) is 0 Å². The maximum atomic E-state index is 12.6. The van der Waals surface area contributed by atoms with Gasteiger partial charge in [-0.15, -0.1) is 0 Å². The molecule has 1 N–H and O–H groups in total. The van der Waals surface area contributed by atoms with Gasteiger partial charge in [0.1, 0.15) is 17.1 Å². The Kier molecular flexibility index (Phi) is 4.27. The van der Waals surface area contributed by atoms with Gasteiger partial charge in [-0.1, -0.05) is 6.07 Å². The van der Waals surface area contributed by atoms with Gasteiger partial charge in [0.05, 0.1) is 26.9 Å². The lowest BCUT2D eigenvalue weighted by Crippen LogP contribution is -2.38. The van der Waals surface area contributed by atoms with Crippen molar-refractivity contribution in [2.24, 2.45) is 0 Å². The van der Waals surface area contributed by atoms with Gasteiger partial charge in [-0.3, -0.25) is 4.79 Å². The maximum absolute atomic E-state index is 12.6. The second kappa shape index (κ2) is 5.93. The lowest BCUT2D eigenvalue weighted by atomic mass is 10.1. The summed E-state index contributed by atoms with van der Waals surface area (Å²) >= 11 is 0. The van der Waals surface area contributed by atoms with Crippen molar-refractivity contribution in [1.29, 1.82) is 0 Å². The second-order valence-electron chi connectivity index (χ2n) is 4.51. The summed E-state index contributed by atoms with van der Waals surface area (Å²) in [5.41, 5.74) is 0.424. The number of hydrogen-bond donors (Lipinski definition) is 1. The van der Waals surface area contributed by atoms with E-state index < -0.39 is 0 Å². The zero-order valence-electron chi connectivity index (χ0n) is 11.3. The molecular weight excluding hydrogens is 246 g/mol. The van der Waals surface area contributed by atoms with Crippen molar-refractivity contribution < 1.29 is 19.4 Å². The fourth-order valence-electron chi connectivity index (χ4n) is 2.50. The number of methoxy groups -OCH3 is 2. The Hall–Kier alpha value is -1.75. The first-order valence-electron chi connectivity index (χ1n) is 6.35. The molecule has 0 aliphatic carbocycles. The van der Waals surface area contributed by atoms with Gasteiger partial charge in [-0.2, -0.15) is 0 Å². The van der Waals surface area contributed by atoms with Crippen LogP contribution in [0, 0.1) is 0 Å². The number of likely N-dealkylation sites (tertiary alicyclic amines) is 1. The number of hydrogen-bond acceptors (Lipinski definition) is 4. The van der Waals surface area contributed by atoms with Crippen molar-refractivity contribution in [1.82, 2.24) is 4.90 Å². The summed E-state index contributed by atoms with van der Waals surface area (Å²) in [6.45, 7) is 0.647. The normalized spacial score (nSPS) is 18.5. The van der Waals surface area contributed by atoms with E-state index in [1.165, 1.54) is 14.2 Å². The Balaban J connectivity index is 2.37. The van der Waals surface area contributed by atoms with E-state index in [0.717, 1.165) is 12.8 Å². The number of rotatable bonds is 4. The molecule has 0 spiro atoms. The van der Waals surface area contributed by atoms with Crippen molar-refractivity contribution in [2.75, 3.05) is 27.4 Å². The van der Waals surface area contributed by atoms with Crippen LogP contribution in [0.5, 0.6) is 11.5 Å². The highest BCUT2D eigenvalue weighted by Gasteiger charge is 2.32. The number of aliphatic hydroxyl groups is 1. The summed E-state index contributed by atoms with van der Waals surface area (Å²) in [5, 5.41) is 9.33. The van der Waals surface area contributed by atoms with E-state index in [1.54, 1.807) is 23.1 Å². The molecular formula is C14H19NO4. The topological polar surface area (TPSA) is 59.0 Å². The molecule has 0 radical (unpaired) electrons. The lowest BCUT2D eigenvalue weighted by Gasteiger charge is -2.24. The van der Waals surface area contributed by atoms with Crippen molar-refractivity contribution in [3.8, 4) is 11.5 Å². The fourth-order valence-corrected chi connectivity index (χ4v) is 2.50. The Morgan fingerprint density at radius 1 is 1.37 bits per heavy atom. The molecule has 2 rings (SSSR count). The smallest absolute Gasteiger partial charge is 0.261 e. The molecule has 104 valence electrons. The predicted octanol–water partition coefficient (Wildman–Crippen LogP) is 1.30. The van der Waals surface area contributed by atoms with E-state index in [1.807, 2.05) is 0 Å². The van der Waals surface area contributed by atoms with E-state index in [9.17, 15) is 9.90 Å². The van der Waals surface area contributed by atoms with Gasteiger partial charge in [0.15, 0.2) is 0 Å². The number of ether oxygens (including phenoxy) is 2. The summed E-state index contributed by atoms with van der Waals surface area (Å²) in [6, 6.07) is 5.14. The zero-order valence-corrected chi connectivity index (χ0v) is 11.3. The predicted molar refractivity (Wildman–Crippen MR) is 70.7 cm³/mol. The Labute approximate surface area is 112 Å². The van der Waals surface area contributed by atoms with E-state index >= 15 is 0 Å². The molecule has 0 aromatic heterocycles. The molecule has 1 aliphatic heterocycles. The molecule has 1 heterocycles. The van der Waals surface area contributed by atoms with Crippen molar-refractivity contribution in [2.45, 2.75) is 18.9 Å². The first-order chi connectivity index (χ1) is 9.22. The van der Waals surface area contributed by atoms with Crippen LogP contribution in [-0.4, -0.2) is 49.3 Å². The van der Waals surface area contributed by atoms with Gasteiger partial charge in [-0.25, -0.2) is 0 Å². The fraction of sp³-hybridized carbons (Fsp3) is 0.500. The highest BCUT2D eigenvalue weighted by Crippen LogP contribution is 2.31. The number of nitrogens with zero attached hydrogens (tertiary/aromatic N) is 1. The number of aliphatic hydroxyl groups excluding tert-OH is 1. The van der Waals surface area contributed by atoms with E-state index in [0.29, 0.717) is 23.6 Å². The molecule has 1 amide bonds. The van der Waals surface area contributed by atoms with E-state index in [-0.39, 0.29) is 18.6 Å². The Morgan fingerprint density at radius 3 is 2.53 bits per heavy atom. The van der Waals surface area contributed by atoms with Crippen LogP contribution in [0.2, 0.25) is 0 Å². The minimum absolute atomic E-state index is 0.0107.